The van der Waals surface area contributed by atoms with Crippen molar-refractivity contribution in [2.75, 3.05) is 7.11 Å². The highest BCUT2D eigenvalue weighted by Gasteiger charge is 2.46. The molecule has 1 aromatic carbocycles. The predicted molar refractivity (Wildman–Crippen MR) is 105 cm³/mol. The third kappa shape index (κ3) is 2.98. The van der Waals surface area contributed by atoms with Gasteiger partial charge in [-0.05, 0) is 37.5 Å². The molecule has 2 atom stereocenters. The van der Waals surface area contributed by atoms with Crippen LogP contribution >= 0.6 is 0 Å². The summed E-state index contributed by atoms with van der Waals surface area (Å²) in [6.07, 6.45) is 2.01. The fraction of sp³-hybridized carbons (Fsp3) is 0.318. The number of aryl methyl sites for hydroxylation is 1. The minimum Gasteiger partial charge on any atom is -0.481 e. The molecule has 2 aliphatic heterocycles. The Morgan fingerprint density at radius 1 is 1.16 bits per heavy atom. The minimum atomic E-state index is -1.50. The lowest BCUT2D eigenvalue weighted by Gasteiger charge is -2.34. The van der Waals surface area contributed by atoms with Gasteiger partial charge in [0, 0.05) is 30.3 Å². The number of ether oxygens (including phenoxy) is 1. The van der Waals surface area contributed by atoms with Crippen molar-refractivity contribution >= 4 is 5.91 Å². The van der Waals surface area contributed by atoms with Gasteiger partial charge in [0.1, 0.15) is 5.69 Å². The van der Waals surface area contributed by atoms with Crippen molar-refractivity contribution in [3.05, 3.63) is 64.7 Å². The number of carbonyl (C=O) groups is 1. The van der Waals surface area contributed by atoms with Crippen molar-refractivity contribution in [3.8, 4) is 17.1 Å². The van der Waals surface area contributed by atoms with E-state index in [4.69, 9.17) is 4.74 Å². The number of amides is 1. The van der Waals surface area contributed by atoms with E-state index in [-0.39, 0.29) is 23.6 Å². The normalized spacial score (nSPS) is 19.5. The maximum atomic E-state index is 13.9. The van der Waals surface area contributed by atoms with Crippen molar-refractivity contribution in [1.82, 2.24) is 19.7 Å². The summed E-state index contributed by atoms with van der Waals surface area (Å²) in [4.78, 5) is 19.3. The lowest BCUT2D eigenvalue weighted by molar-refractivity contribution is 0.0635. The average molecular weight is 428 g/mol. The number of aromatic nitrogens is 3. The van der Waals surface area contributed by atoms with Crippen LogP contribution in [-0.4, -0.2) is 38.7 Å². The van der Waals surface area contributed by atoms with Gasteiger partial charge in [-0.3, -0.25) is 9.48 Å². The quantitative estimate of drug-likeness (QED) is 0.596. The second-order valence-electron chi connectivity index (χ2n) is 7.82. The molecule has 2 aromatic heterocycles. The van der Waals surface area contributed by atoms with Gasteiger partial charge in [0.05, 0.1) is 24.5 Å². The molecule has 0 unspecified atom stereocenters. The zero-order chi connectivity index (χ0) is 21.9. The number of methoxy groups -OCH3 is 1. The second-order valence-corrected chi connectivity index (χ2v) is 7.82. The lowest BCUT2D eigenvalue weighted by atomic mass is 9.94. The summed E-state index contributed by atoms with van der Waals surface area (Å²) in [5, 5.41) is 4.59. The molecule has 1 amide bonds. The van der Waals surface area contributed by atoms with Gasteiger partial charge in [-0.25, -0.2) is 18.2 Å². The molecular formula is C22H19F3N4O2. The Morgan fingerprint density at radius 2 is 1.90 bits per heavy atom. The number of nitrogens with zero attached hydrogens (tertiary/aromatic N) is 4. The van der Waals surface area contributed by atoms with E-state index in [9.17, 15) is 18.0 Å². The van der Waals surface area contributed by atoms with E-state index < -0.39 is 17.5 Å². The monoisotopic (exact) mass is 428 g/mol. The van der Waals surface area contributed by atoms with Crippen LogP contribution < -0.4 is 4.74 Å². The number of hydrogen-bond donors (Lipinski definition) is 0. The Morgan fingerprint density at radius 3 is 2.61 bits per heavy atom. The maximum Gasteiger partial charge on any atom is 0.273 e. The molecule has 0 aliphatic carbocycles. The van der Waals surface area contributed by atoms with E-state index in [1.807, 2.05) is 0 Å². The molecular weight excluding hydrogens is 409 g/mol. The molecule has 4 heterocycles. The zero-order valence-electron chi connectivity index (χ0n) is 16.9. The first kappa shape index (κ1) is 19.6. The molecule has 2 aliphatic rings. The molecule has 3 aromatic rings. The van der Waals surface area contributed by atoms with Gasteiger partial charge >= 0.3 is 0 Å². The van der Waals surface area contributed by atoms with Crippen LogP contribution in [0.2, 0.25) is 0 Å². The highest BCUT2D eigenvalue weighted by molar-refractivity contribution is 5.93. The van der Waals surface area contributed by atoms with Crippen LogP contribution in [0.5, 0.6) is 5.88 Å². The molecule has 5 rings (SSSR count). The van der Waals surface area contributed by atoms with Crippen molar-refractivity contribution in [2.24, 2.45) is 7.05 Å². The standard InChI is InChI=1S/C22H19F3N4O2/c1-28-21(11-8-14(23)19(25)15(24)9-11)13-10-12-6-7-17(20(13)27-28)29(12)22(30)16-4-3-5-18(26-16)31-2/h3-5,8-9,12,17H,6-7,10H2,1-2H3/t12-,17+/m1/s1. The van der Waals surface area contributed by atoms with E-state index >= 15 is 0 Å². The van der Waals surface area contributed by atoms with E-state index in [1.165, 1.54) is 7.11 Å². The van der Waals surface area contributed by atoms with Gasteiger partial charge in [0.2, 0.25) is 5.88 Å². The van der Waals surface area contributed by atoms with Gasteiger partial charge < -0.3 is 9.64 Å². The number of hydrogen-bond acceptors (Lipinski definition) is 4. The molecule has 0 radical (unpaired) electrons. The fourth-order valence-electron chi connectivity index (χ4n) is 4.79. The Hall–Kier alpha value is -3.36. The van der Waals surface area contributed by atoms with Crippen molar-refractivity contribution in [2.45, 2.75) is 31.3 Å². The molecule has 31 heavy (non-hydrogen) atoms. The smallest absolute Gasteiger partial charge is 0.273 e. The third-order valence-electron chi connectivity index (χ3n) is 6.08. The summed E-state index contributed by atoms with van der Waals surface area (Å²) in [7, 11) is 3.17. The molecule has 6 nitrogen and oxygen atoms in total. The summed E-state index contributed by atoms with van der Waals surface area (Å²) in [6.45, 7) is 0. The first-order chi connectivity index (χ1) is 14.9. The van der Waals surface area contributed by atoms with E-state index in [0.717, 1.165) is 30.5 Å². The Labute approximate surface area is 176 Å². The Bertz CT molecular complexity index is 1190. The number of carbonyl (C=O) groups excluding carboxylic acids is 1. The number of rotatable bonds is 3. The van der Waals surface area contributed by atoms with Gasteiger partial charge in [0.25, 0.3) is 5.91 Å². The van der Waals surface area contributed by atoms with E-state index in [1.54, 1.807) is 34.8 Å². The third-order valence-corrected chi connectivity index (χ3v) is 6.08. The van der Waals surface area contributed by atoms with Crippen LogP contribution in [0.25, 0.3) is 11.3 Å². The fourth-order valence-corrected chi connectivity index (χ4v) is 4.79. The van der Waals surface area contributed by atoms with Gasteiger partial charge in [-0.15, -0.1) is 0 Å². The van der Waals surface area contributed by atoms with Crippen LogP contribution in [0.15, 0.2) is 30.3 Å². The molecule has 160 valence electrons. The molecule has 1 fully saturated rings. The second kappa shape index (κ2) is 7.11. The van der Waals surface area contributed by atoms with Crippen molar-refractivity contribution in [1.29, 1.82) is 0 Å². The highest BCUT2D eigenvalue weighted by atomic mass is 19.2. The average Bonchev–Trinajstić information content (AvgIpc) is 3.27. The van der Waals surface area contributed by atoms with E-state index in [2.05, 4.69) is 10.1 Å². The summed E-state index contributed by atoms with van der Waals surface area (Å²) in [5.41, 5.74) is 2.59. The molecule has 2 bridgehead atoms. The van der Waals surface area contributed by atoms with Gasteiger partial charge in [0.15, 0.2) is 17.5 Å². The number of benzene rings is 1. The van der Waals surface area contributed by atoms with Crippen molar-refractivity contribution < 1.29 is 22.7 Å². The molecule has 9 heteroatoms. The lowest BCUT2D eigenvalue weighted by Crippen LogP contribution is -2.42. The SMILES string of the molecule is COc1cccc(C(=O)N2[C@@H]3CC[C@H]2c2nn(C)c(-c4cc(F)c(F)c(F)c4)c2C3)n1. The maximum absolute atomic E-state index is 13.9. The summed E-state index contributed by atoms with van der Waals surface area (Å²) in [6, 6.07) is 6.65. The predicted octanol–water partition coefficient (Wildman–Crippen LogP) is 3.81. The minimum absolute atomic E-state index is 0.0870. The van der Waals surface area contributed by atoms with Crippen LogP contribution in [0, 0.1) is 17.5 Å². The van der Waals surface area contributed by atoms with Crippen molar-refractivity contribution in [3.63, 3.8) is 0 Å². The van der Waals surface area contributed by atoms with E-state index in [0.29, 0.717) is 29.4 Å². The topological polar surface area (TPSA) is 60.2 Å². The van der Waals surface area contributed by atoms with Crippen LogP contribution in [0.4, 0.5) is 13.2 Å². The highest BCUT2D eigenvalue weighted by Crippen LogP contribution is 2.46. The first-order valence-electron chi connectivity index (χ1n) is 9.93. The largest absolute Gasteiger partial charge is 0.481 e. The number of pyridine rings is 1. The molecule has 0 saturated carbocycles. The van der Waals surface area contributed by atoms with Crippen LogP contribution in [0.3, 0.4) is 0 Å². The van der Waals surface area contributed by atoms with Crippen LogP contribution in [0.1, 0.15) is 40.6 Å². The van der Waals surface area contributed by atoms with Gasteiger partial charge in [-0.1, -0.05) is 6.07 Å². The Balaban J connectivity index is 1.55. The number of halogens is 3. The summed E-state index contributed by atoms with van der Waals surface area (Å²) >= 11 is 0. The molecule has 0 spiro atoms. The summed E-state index contributed by atoms with van der Waals surface area (Å²) < 4.78 is 47.9. The zero-order valence-corrected chi connectivity index (χ0v) is 16.9. The van der Waals surface area contributed by atoms with Gasteiger partial charge in [-0.2, -0.15) is 5.10 Å². The number of fused-ring (bicyclic) bond motifs is 4. The Kier molecular flexibility index (Phi) is 4.49. The van der Waals surface area contributed by atoms with Crippen LogP contribution in [-0.2, 0) is 13.5 Å². The molecule has 1 saturated heterocycles. The first-order valence-corrected chi connectivity index (χ1v) is 9.93. The molecule has 0 N–H and O–H groups in total. The summed E-state index contributed by atoms with van der Waals surface area (Å²) in [5.74, 6) is -3.84.